The molecule has 0 bridgehead atoms. The Morgan fingerprint density at radius 2 is 2.29 bits per heavy atom. The second-order valence-corrected chi connectivity index (χ2v) is 5.06. The molecule has 0 aromatic heterocycles. The second-order valence-electron chi connectivity index (χ2n) is 5.06. The Hall–Kier alpha value is -1.06. The summed E-state index contributed by atoms with van der Waals surface area (Å²) in [7, 11) is 1.68. The van der Waals surface area contributed by atoms with Gasteiger partial charge in [0.25, 0.3) is 0 Å². The Labute approximate surface area is 102 Å². The fourth-order valence-corrected chi connectivity index (χ4v) is 2.32. The quantitative estimate of drug-likeness (QED) is 0.876. The van der Waals surface area contributed by atoms with E-state index in [4.69, 9.17) is 9.47 Å². The largest absolute Gasteiger partial charge is 0.487 e. The molecule has 0 fully saturated rings. The first kappa shape index (κ1) is 12.4. The van der Waals surface area contributed by atoms with Crippen molar-refractivity contribution in [2.75, 3.05) is 13.7 Å². The van der Waals surface area contributed by atoms with Crippen molar-refractivity contribution >= 4 is 0 Å². The van der Waals surface area contributed by atoms with E-state index in [1.54, 1.807) is 7.11 Å². The number of aliphatic hydroxyl groups is 1. The molecule has 2 unspecified atom stereocenters. The van der Waals surface area contributed by atoms with Crippen LogP contribution in [0.1, 0.15) is 37.0 Å². The van der Waals surface area contributed by atoms with Crippen LogP contribution in [-0.2, 0) is 4.74 Å². The maximum Gasteiger partial charge on any atom is 0.125 e. The molecule has 3 nitrogen and oxygen atoms in total. The van der Waals surface area contributed by atoms with Crippen LogP contribution in [0.5, 0.6) is 5.75 Å². The number of fused-ring (bicyclic) bond motifs is 1. The van der Waals surface area contributed by atoms with Gasteiger partial charge in [-0.1, -0.05) is 11.6 Å². The number of aryl methyl sites for hydroxylation is 1. The average Bonchev–Trinajstić information content (AvgIpc) is 2.28. The fourth-order valence-electron chi connectivity index (χ4n) is 2.32. The van der Waals surface area contributed by atoms with Crippen molar-refractivity contribution in [1.82, 2.24) is 0 Å². The summed E-state index contributed by atoms with van der Waals surface area (Å²) < 4.78 is 11.1. The van der Waals surface area contributed by atoms with Gasteiger partial charge in [0.05, 0.1) is 6.10 Å². The maximum atomic E-state index is 10.2. The zero-order valence-electron chi connectivity index (χ0n) is 10.7. The summed E-state index contributed by atoms with van der Waals surface area (Å²) in [5.74, 6) is 0.799. The molecule has 17 heavy (non-hydrogen) atoms. The minimum atomic E-state index is -0.444. The summed E-state index contributed by atoms with van der Waals surface area (Å²) in [6, 6.07) is 5.95. The minimum absolute atomic E-state index is 0.336. The van der Waals surface area contributed by atoms with Crippen LogP contribution in [0.4, 0.5) is 0 Å². The lowest BCUT2D eigenvalue weighted by Gasteiger charge is -2.38. The van der Waals surface area contributed by atoms with Crippen LogP contribution in [0.25, 0.3) is 0 Å². The normalized spacial score (nSPS) is 27.4. The molecule has 0 amide bonds. The number of aliphatic hydroxyl groups excluding tert-OH is 1. The van der Waals surface area contributed by atoms with Crippen molar-refractivity contribution in [1.29, 1.82) is 0 Å². The average molecular weight is 236 g/mol. The summed E-state index contributed by atoms with van der Waals surface area (Å²) in [4.78, 5) is 0. The summed E-state index contributed by atoms with van der Waals surface area (Å²) in [5.41, 5.74) is 1.71. The molecule has 1 aromatic carbocycles. The van der Waals surface area contributed by atoms with Crippen molar-refractivity contribution in [3.8, 4) is 5.75 Å². The standard InChI is InChI=1S/C14H20O3/c1-10-4-5-13-11(8-10)12(15)9-14(2,17-13)6-7-16-3/h4-5,8,12,15H,6-7,9H2,1-3H3. The van der Waals surface area contributed by atoms with Crippen LogP contribution in [0.15, 0.2) is 18.2 Å². The number of hydrogen-bond donors (Lipinski definition) is 1. The van der Waals surface area contributed by atoms with E-state index < -0.39 is 6.10 Å². The predicted molar refractivity (Wildman–Crippen MR) is 66.3 cm³/mol. The molecule has 1 aliphatic rings. The van der Waals surface area contributed by atoms with E-state index in [0.29, 0.717) is 13.0 Å². The highest BCUT2D eigenvalue weighted by Crippen LogP contribution is 2.41. The number of hydrogen-bond acceptors (Lipinski definition) is 3. The zero-order valence-corrected chi connectivity index (χ0v) is 10.7. The lowest BCUT2D eigenvalue weighted by Crippen LogP contribution is -2.39. The van der Waals surface area contributed by atoms with Crippen LogP contribution in [0.2, 0.25) is 0 Å². The lowest BCUT2D eigenvalue weighted by atomic mass is 9.87. The van der Waals surface area contributed by atoms with E-state index in [9.17, 15) is 5.11 Å². The van der Waals surface area contributed by atoms with E-state index in [2.05, 4.69) is 0 Å². The van der Waals surface area contributed by atoms with Gasteiger partial charge in [-0.15, -0.1) is 0 Å². The van der Waals surface area contributed by atoms with Crippen molar-refractivity contribution < 1.29 is 14.6 Å². The maximum absolute atomic E-state index is 10.2. The zero-order chi connectivity index (χ0) is 12.5. The fraction of sp³-hybridized carbons (Fsp3) is 0.571. The van der Waals surface area contributed by atoms with Gasteiger partial charge in [0.15, 0.2) is 0 Å². The first-order chi connectivity index (χ1) is 8.04. The third-order valence-corrected chi connectivity index (χ3v) is 3.34. The van der Waals surface area contributed by atoms with Gasteiger partial charge in [-0.25, -0.2) is 0 Å². The highest BCUT2D eigenvalue weighted by molar-refractivity contribution is 5.40. The summed E-state index contributed by atoms with van der Waals surface area (Å²) in [6.07, 6.45) is 0.959. The molecule has 0 aliphatic carbocycles. The second kappa shape index (κ2) is 4.67. The Morgan fingerprint density at radius 3 is 3.00 bits per heavy atom. The van der Waals surface area contributed by atoms with Gasteiger partial charge in [0.2, 0.25) is 0 Å². The van der Waals surface area contributed by atoms with E-state index >= 15 is 0 Å². The van der Waals surface area contributed by atoms with Crippen LogP contribution in [0, 0.1) is 6.92 Å². The molecular formula is C14H20O3. The molecule has 1 N–H and O–H groups in total. The van der Waals surface area contributed by atoms with Crippen molar-refractivity contribution in [2.24, 2.45) is 0 Å². The molecular weight excluding hydrogens is 216 g/mol. The highest BCUT2D eigenvalue weighted by atomic mass is 16.5. The van der Waals surface area contributed by atoms with Gasteiger partial charge in [0.1, 0.15) is 11.4 Å². The topological polar surface area (TPSA) is 38.7 Å². The van der Waals surface area contributed by atoms with E-state index in [1.165, 1.54) is 0 Å². The minimum Gasteiger partial charge on any atom is -0.487 e. The van der Waals surface area contributed by atoms with E-state index in [0.717, 1.165) is 23.3 Å². The van der Waals surface area contributed by atoms with Gasteiger partial charge in [-0.2, -0.15) is 0 Å². The molecule has 2 rings (SSSR count). The van der Waals surface area contributed by atoms with Crippen LogP contribution < -0.4 is 4.74 Å². The number of methoxy groups -OCH3 is 1. The molecule has 0 saturated heterocycles. The SMILES string of the molecule is COCCC1(C)CC(O)c2cc(C)ccc2O1. The van der Waals surface area contributed by atoms with E-state index in [-0.39, 0.29) is 5.60 Å². The molecule has 0 saturated carbocycles. The Kier molecular flexibility index (Phi) is 3.40. The third kappa shape index (κ3) is 2.61. The van der Waals surface area contributed by atoms with Gasteiger partial charge in [0, 0.05) is 32.1 Å². The van der Waals surface area contributed by atoms with Gasteiger partial charge in [-0.3, -0.25) is 0 Å². The molecule has 1 aromatic rings. The number of benzene rings is 1. The van der Waals surface area contributed by atoms with Gasteiger partial charge in [-0.05, 0) is 26.0 Å². The number of ether oxygens (including phenoxy) is 2. The third-order valence-electron chi connectivity index (χ3n) is 3.34. The van der Waals surface area contributed by atoms with Crippen LogP contribution in [0.3, 0.4) is 0 Å². The van der Waals surface area contributed by atoms with Crippen LogP contribution >= 0.6 is 0 Å². The Bertz CT molecular complexity index is 402. The first-order valence-electron chi connectivity index (χ1n) is 6.01. The monoisotopic (exact) mass is 236 g/mol. The van der Waals surface area contributed by atoms with E-state index in [1.807, 2.05) is 32.0 Å². The van der Waals surface area contributed by atoms with Crippen molar-refractivity contribution in [3.05, 3.63) is 29.3 Å². The van der Waals surface area contributed by atoms with Crippen molar-refractivity contribution in [2.45, 2.75) is 38.4 Å². The first-order valence-corrected chi connectivity index (χ1v) is 6.01. The highest BCUT2D eigenvalue weighted by Gasteiger charge is 2.36. The molecule has 1 heterocycles. The molecule has 3 heteroatoms. The Morgan fingerprint density at radius 1 is 1.53 bits per heavy atom. The molecule has 94 valence electrons. The molecule has 0 radical (unpaired) electrons. The summed E-state index contributed by atoms with van der Waals surface area (Å²) in [6.45, 7) is 4.69. The summed E-state index contributed by atoms with van der Waals surface area (Å²) in [5, 5.41) is 10.2. The molecule has 0 spiro atoms. The van der Waals surface area contributed by atoms with Crippen molar-refractivity contribution in [3.63, 3.8) is 0 Å². The van der Waals surface area contributed by atoms with Crippen LogP contribution in [-0.4, -0.2) is 24.4 Å². The van der Waals surface area contributed by atoms with Gasteiger partial charge >= 0.3 is 0 Å². The lowest BCUT2D eigenvalue weighted by molar-refractivity contribution is -0.0202. The van der Waals surface area contributed by atoms with Gasteiger partial charge < -0.3 is 14.6 Å². The predicted octanol–water partition coefficient (Wildman–Crippen LogP) is 2.61. The smallest absolute Gasteiger partial charge is 0.125 e. The Balaban J connectivity index is 2.23. The number of rotatable bonds is 3. The summed E-state index contributed by atoms with van der Waals surface area (Å²) >= 11 is 0. The molecule has 2 atom stereocenters. The molecule has 1 aliphatic heterocycles.